The quantitative estimate of drug-likeness (QED) is 0.365. The summed E-state index contributed by atoms with van der Waals surface area (Å²) in [5.74, 6) is 0.203. The maximum absolute atomic E-state index is 11.8. The first-order chi connectivity index (χ1) is 10.3. The van der Waals surface area contributed by atoms with Gasteiger partial charge in [-0.1, -0.05) is 50.2 Å². The first-order valence-electron chi connectivity index (χ1n) is 8.13. The van der Waals surface area contributed by atoms with Crippen LogP contribution in [0.4, 0.5) is 0 Å². The molecule has 0 radical (unpaired) electrons. The smallest absolute Gasteiger partial charge is 0.312 e. The van der Waals surface area contributed by atoms with E-state index in [2.05, 4.69) is 12.1 Å². The van der Waals surface area contributed by atoms with Crippen molar-refractivity contribution in [3.63, 3.8) is 0 Å². The van der Waals surface area contributed by atoms with Gasteiger partial charge in [0, 0.05) is 5.92 Å². The van der Waals surface area contributed by atoms with Gasteiger partial charge in [0.1, 0.15) is 4.88 Å². The van der Waals surface area contributed by atoms with Crippen LogP contribution in [0.15, 0.2) is 22.7 Å². The van der Waals surface area contributed by atoms with Gasteiger partial charge in [-0.2, -0.15) is 0 Å². The maximum atomic E-state index is 11.8. The monoisotopic (exact) mass is 307 g/mol. The Morgan fingerprint density at radius 3 is 3.00 bits per heavy atom. The van der Waals surface area contributed by atoms with E-state index in [0.717, 1.165) is 12.1 Å². The molecule has 0 bridgehead atoms. The van der Waals surface area contributed by atoms with Crippen molar-refractivity contribution in [2.75, 3.05) is 0 Å². The molecule has 0 aliphatic heterocycles. The van der Waals surface area contributed by atoms with E-state index < -0.39 is 0 Å². The Labute approximate surface area is 131 Å². The molecule has 1 unspecified atom stereocenters. The Balaban J connectivity index is 1.75. The predicted octanol–water partition coefficient (Wildman–Crippen LogP) is 5.42. The second kappa shape index (κ2) is 8.98. The third-order valence-electron chi connectivity index (χ3n) is 4.08. The molecule has 0 spiro atoms. The van der Waals surface area contributed by atoms with Crippen LogP contribution in [-0.2, 0) is 4.84 Å². The second-order valence-corrected chi connectivity index (χ2v) is 6.68. The second-order valence-electron chi connectivity index (χ2n) is 5.73. The number of hydrogen-bond donors (Lipinski definition) is 0. The van der Waals surface area contributed by atoms with E-state index in [1.165, 1.54) is 62.7 Å². The molecule has 1 aromatic heterocycles. The van der Waals surface area contributed by atoms with Crippen LogP contribution >= 0.6 is 11.3 Å². The number of unbranched alkanes of at least 4 members (excludes halogenated alkanes) is 4. The fourth-order valence-electron chi connectivity index (χ4n) is 2.87. The number of thiophene rings is 1. The number of carbonyl (C=O) groups is 1. The standard InChI is InChI=1S/C17H25NO2S/c1-2-3-4-5-6-9-14-10-7-11-15(14)18-20-17(19)16-12-8-13-21-16/h8,12-14H,2-7,9-11H2,1H3/b18-15+. The van der Waals surface area contributed by atoms with Crippen LogP contribution < -0.4 is 0 Å². The number of oxime groups is 1. The van der Waals surface area contributed by atoms with Crippen LogP contribution in [0.25, 0.3) is 0 Å². The lowest BCUT2D eigenvalue weighted by Crippen LogP contribution is -2.09. The highest BCUT2D eigenvalue weighted by atomic mass is 32.1. The SMILES string of the molecule is CCCCCCCC1CCC/C1=N\OC(=O)c1cccs1. The van der Waals surface area contributed by atoms with Gasteiger partial charge in [-0.05, 0) is 37.1 Å². The predicted molar refractivity (Wildman–Crippen MR) is 87.9 cm³/mol. The van der Waals surface area contributed by atoms with Crippen molar-refractivity contribution in [1.82, 2.24) is 0 Å². The van der Waals surface area contributed by atoms with Crippen LogP contribution in [0.2, 0.25) is 0 Å². The third kappa shape index (κ3) is 5.27. The zero-order valence-electron chi connectivity index (χ0n) is 12.8. The average molecular weight is 307 g/mol. The average Bonchev–Trinajstić information content (AvgIpc) is 3.16. The molecule has 0 saturated heterocycles. The number of rotatable bonds is 8. The van der Waals surface area contributed by atoms with Crippen LogP contribution in [0.5, 0.6) is 0 Å². The summed E-state index contributed by atoms with van der Waals surface area (Å²) >= 11 is 1.39. The molecule has 1 atom stereocenters. The Morgan fingerprint density at radius 2 is 2.24 bits per heavy atom. The summed E-state index contributed by atoms with van der Waals surface area (Å²) < 4.78 is 0. The maximum Gasteiger partial charge on any atom is 0.375 e. The van der Waals surface area contributed by atoms with Crippen molar-refractivity contribution in [2.24, 2.45) is 11.1 Å². The Kier molecular flexibility index (Phi) is 6.93. The molecule has 2 rings (SSSR count). The van der Waals surface area contributed by atoms with E-state index in [1.807, 2.05) is 11.4 Å². The summed E-state index contributed by atoms with van der Waals surface area (Å²) in [5.41, 5.74) is 1.09. The summed E-state index contributed by atoms with van der Waals surface area (Å²) in [6.45, 7) is 2.24. The van der Waals surface area contributed by atoms with Gasteiger partial charge in [-0.3, -0.25) is 0 Å². The molecule has 0 amide bonds. The molecular weight excluding hydrogens is 282 g/mol. The van der Waals surface area contributed by atoms with E-state index in [0.29, 0.717) is 10.8 Å². The van der Waals surface area contributed by atoms with Crippen LogP contribution in [0.1, 0.15) is 74.4 Å². The molecule has 1 saturated carbocycles. The van der Waals surface area contributed by atoms with Gasteiger partial charge in [-0.15, -0.1) is 11.3 Å². The number of nitrogens with zero attached hydrogens (tertiary/aromatic N) is 1. The van der Waals surface area contributed by atoms with Gasteiger partial charge >= 0.3 is 5.97 Å². The Bertz CT molecular complexity index is 453. The van der Waals surface area contributed by atoms with Crippen molar-refractivity contribution in [3.8, 4) is 0 Å². The summed E-state index contributed by atoms with van der Waals surface area (Å²) in [7, 11) is 0. The molecule has 4 heteroatoms. The molecule has 0 aromatic carbocycles. The first-order valence-corrected chi connectivity index (χ1v) is 9.01. The van der Waals surface area contributed by atoms with Crippen LogP contribution in [0.3, 0.4) is 0 Å². The summed E-state index contributed by atoms with van der Waals surface area (Å²) in [6, 6.07) is 3.62. The van der Waals surface area contributed by atoms with Gasteiger partial charge in [-0.25, -0.2) is 4.79 Å². The van der Waals surface area contributed by atoms with Crippen molar-refractivity contribution >= 4 is 23.0 Å². The van der Waals surface area contributed by atoms with Gasteiger partial charge in [0.05, 0.1) is 5.71 Å². The van der Waals surface area contributed by atoms with E-state index >= 15 is 0 Å². The van der Waals surface area contributed by atoms with Gasteiger partial charge in [0.15, 0.2) is 0 Å². The number of hydrogen-bond acceptors (Lipinski definition) is 4. The highest BCUT2D eigenvalue weighted by molar-refractivity contribution is 7.11. The number of carbonyl (C=O) groups excluding carboxylic acids is 1. The lowest BCUT2D eigenvalue weighted by atomic mass is 9.98. The fourth-order valence-corrected chi connectivity index (χ4v) is 3.46. The normalized spacial score (nSPS) is 20.0. The van der Waals surface area contributed by atoms with Crippen molar-refractivity contribution in [1.29, 1.82) is 0 Å². The van der Waals surface area contributed by atoms with Crippen molar-refractivity contribution in [3.05, 3.63) is 22.4 Å². The highest BCUT2D eigenvalue weighted by Crippen LogP contribution is 2.28. The Hall–Kier alpha value is -1.16. The molecule has 1 aromatic rings. The minimum atomic E-state index is -0.328. The largest absolute Gasteiger partial charge is 0.375 e. The zero-order chi connectivity index (χ0) is 14.9. The lowest BCUT2D eigenvalue weighted by molar-refractivity contribution is 0.0519. The van der Waals surface area contributed by atoms with E-state index in [1.54, 1.807) is 6.07 Å². The van der Waals surface area contributed by atoms with Crippen LogP contribution in [0, 0.1) is 5.92 Å². The van der Waals surface area contributed by atoms with Crippen molar-refractivity contribution in [2.45, 2.75) is 64.7 Å². The lowest BCUT2D eigenvalue weighted by Gasteiger charge is -2.10. The van der Waals surface area contributed by atoms with Gasteiger partial charge < -0.3 is 4.84 Å². The fraction of sp³-hybridized carbons (Fsp3) is 0.647. The molecule has 3 nitrogen and oxygen atoms in total. The van der Waals surface area contributed by atoms with Crippen molar-refractivity contribution < 1.29 is 9.63 Å². The topological polar surface area (TPSA) is 38.7 Å². The minimum absolute atomic E-state index is 0.328. The van der Waals surface area contributed by atoms with Gasteiger partial charge in [0.2, 0.25) is 0 Å². The van der Waals surface area contributed by atoms with Crippen LogP contribution in [-0.4, -0.2) is 11.7 Å². The first kappa shape index (κ1) is 16.2. The summed E-state index contributed by atoms with van der Waals surface area (Å²) in [5, 5.41) is 6.02. The molecule has 21 heavy (non-hydrogen) atoms. The molecule has 116 valence electrons. The van der Waals surface area contributed by atoms with E-state index in [-0.39, 0.29) is 5.97 Å². The molecular formula is C17H25NO2S. The van der Waals surface area contributed by atoms with Gasteiger partial charge in [0.25, 0.3) is 0 Å². The minimum Gasteiger partial charge on any atom is -0.312 e. The highest BCUT2D eigenvalue weighted by Gasteiger charge is 2.23. The summed E-state index contributed by atoms with van der Waals surface area (Å²) in [6.07, 6.45) is 11.1. The van der Waals surface area contributed by atoms with E-state index in [4.69, 9.17) is 4.84 Å². The molecule has 1 heterocycles. The Morgan fingerprint density at radius 1 is 1.38 bits per heavy atom. The van der Waals surface area contributed by atoms with E-state index in [9.17, 15) is 4.79 Å². The summed E-state index contributed by atoms with van der Waals surface area (Å²) in [4.78, 5) is 17.5. The molecule has 1 fully saturated rings. The third-order valence-corrected chi connectivity index (χ3v) is 4.93. The molecule has 0 N–H and O–H groups in total. The molecule has 1 aliphatic rings. The zero-order valence-corrected chi connectivity index (χ0v) is 13.7. The molecule has 1 aliphatic carbocycles.